The molecule has 4 N–H and O–H groups in total. The molecular formula is C18H38O7S. The van der Waals surface area contributed by atoms with Gasteiger partial charge in [0, 0.05) is 6.61 Å². The Morgan fingerprint density at radius 1 is 0.808 bits per heavy atom. The second-order valence-corrected chi connectivity index (χ2v) is 8.00. The predicted octanol–water partition coefficient (Wildman–Crippen LogP) is 2.98. The van der Waals surface area contributed by atoms with Gasteiger partial charge in [-0.05, 0) is 19.3 Å². The molecule has 0 aliphatic heterocycles. The highest BCUT2D eigenvalue weighted by Gasteiger charge is 2.30. The first kappa shape index (κ1) is 25.8. The molecule has 26 heavy (non-hydrogen) atoms. The minimum absolute atomic E-state index is 0.207. The van der Waals surface area contributed by atoms with E-state index < -0.39 is 28.7 Å². The molecule has 158 valence electrons. The van der Waals surface area contributed by atoms with Crippen LogP contribution in [0.5, 0.6) is 0 Å². The molecule has 0 heterocycles. The average molecular weight is 399 g/mol. The first-order chi connectivity index (χ1) is 12.3. The summed E-state index contributed by atoms with van der Waals surface area (Å²) in [5.74, 6) is 0. The van der Waals surface area contributed by atoms with Gasteiger partial charge in [0.25, 0.3) is 0 Å². The quantitative estimate of drug-likeness (QED) is 0.207. The van der Waals surface area contributed by atoms with E-state index in [9.17, 15) is 18.6 Å². The minimum Gasteiger partial charge on any atom is -0.396 e. The van der Waals surface area contributed by atoms with E-state index in [2.05, 4.69) is 11.1 Å². The molecule has 0 saturated heterocycles. The second kappa shape index (κ2) is 15.8. The summed E-state index contributed by atoms with van der Waals surface area (Å²) in [7, 11) is -4.68. The van der Waals surface area contributed by atoms with Gasteiger partial charge in [0.1, 0.15) is 12.2 Å². The van der Waals surface area contributed by atoms with E-state index in [1.54, 1.807) is 0 Å². The molecule has 0 aromatic carbocycles. The lowest BCUT2D eigenvalue weighted by atomic mass is 9.97. The lowest BCUT2D eigenvalue weighted by molar-refractivity contribution is -0.0562. The first-order valence-corrected chi connectivity index (χ1v) is 11.3. The molecule has 0 amide bonds. The SMILES string of the molecule is CCCCCCCC(OS(=O)(=O)O)C(O)C(O)CCCCCCCCO. The van der Waals surface area contributed by atoms with E-state index in [0.29, 0.717) is 19.3 Å². The van der Waals surface area contributed by atoms with Crippen LogP contribution in [0.3, 0.4) is 0 Å². The molecule has 0 bridgehead atoms. The lowest BCUT2D eigenvalue weighted by Crippen LogP contribution is -2.40. The zero-order valence-corrected chi connectivity index (χ0v) is 16.9. The average Bonchev–Trinajstić information content (AvgIpc) is 2.58. The van der Waals surface area contributed by atoms with E-state index in [1.807, 2.05) is 0 Å². The fourth-order valence-electron chi connectivity index (χ4n) is 2.97. The maximum atomic E-state index is 11.0. The molecular weight excluding hydrogens is 360 g/mol. The van der Waals surface area contributed by atoms with Gasteiger partial charge in [-0.2, -0.15) is 8.42 Å². The summed E-state index contributed by atoms with van der Waals surface area (Å²) in [5, 5.41) is 29.1. The summed E-state index contributed by atoms with van der Waals surface area (Å²) in [6.45, 7) is 2.30. The molecule has 0 fully saturated rings. The number of aliphatic hydroxyl groups is 3. The van der Waals surface area contributed by atoms with Gasteiger partial charge < -0.3 is 15.3 Å². The highest BCUT2D eigenvalue weighted by molar-refractivity contribution is 7.80. The molecule has 0 spiro atoms. The van der Waals surface area contributed by atoms with Crippen LogP contribution in [0.15, 0.2) is 0 Å². The first-order valence-electron chi connectivity index (χ1n) is 9.94. The summed E-state index contributed by atoms with van der Waals surface area (Å²) in [4.78, 5) is 0. The zero-order valence-electron chi connectivity index (χ0n) is 16.1. The molecule has 0 saturated carbocycles. The smallest absolute Gasteiger partial charge is 0.396 e. The third-order valence-corrected chi connectivity index (χ3v) is 5.01. The van der Waals surface area contributed by atoms with Gasteiger partial charge in [-0.15, -0.1) is 0 Å². The van der Waals surface area contributed by atoms with Gasteiger partial charge in [-0.25, -0.2) is 4.18 Å². The number of aliphatic hydroxyl groups excluding tert-OH is 3. The Hall–Kier alpha value is -0.250. The minimum atomic E-state index is -4.68. The van der Waals surface area contributed by atoms with Crippen molar-refractivity contribution in [1.29, 1.82) is 0 Å². The number of hydrogen-bond acceptors (Lipinski definition) is 6. The van der Waals surface area contributed by atoms with Crippen molar-refractivity contribution in [2.45, 2.75) is 109 Å². The molecule has 0 aliphatic rings. The third-order valence-electron chi connectivity index (χ3n) is 4.52. The molecule has 0 rings (SSSR count). The van der Waals surface area contributed by atoms with Crippen LogP contribution in [0, 0.1) is 0 Å². The predicted molar refractivity (Wildman–Crippen MR) is 101 cm³/mol. The van der Waals surface area contributed by atoms with E-state index in [4.69, 9.17) is 9.66 Å². The maximum absolute atomic E-state index is 11.0. The largest absolute Gasteiger partial charge is 0.397 e. The van der Waals surface area contributed by atoms with Gasteiger partial charge in [0.2, 0.25) is 0 Å². The van der Waals surface area contributed by atoms with E-state index in [-0.39, 0.29) is 13.0 Å². The Labute approximate surface area is 158 Å². The Kier molecular flexibility index (Phi) is 15.6. The van der Waals surface area contributed by atoms with Gasteiger partial charge in [0.05, 0.1) is 6.10 Å². The lowest BCUT2D eigenvalue weighted by Gasteiger charge is -2.25. The van der Waals surface area contributed by atoms with Gasteiger partial charge in [0.15, 0.2) is 0 Å². The molecule has 3 unspecified atom stereocenters. The van der Waals surface area contributed by atoms with Crippen molar-refractivity contribution in [2.75, 3.05) is 6.61 Å². The number of unbranched alkanes of at least 4 members (excludes halogenated alkanes) is 9. The van der Waals surface area contributed by atoms with Gasteiger partial charge in [-0.1, -0.05) is 71.1 Å². The summed E-state index contributed by atoms with van der Waals surface area (Å²) in [6, 6.07) is 0. The Morgan fingerprint density at radius 2 is 1.31 bits per heavy atom. The molecule has 0 aromatic rings. The molecule has 8 heteroatoms. The third kappa shape index (κ3) is 14.9. The fraction of sp³-hybridized carbons (Fsp3) is 1.00. The van der Waals surface area contributed by atoms with E-state index in [0.717, 1.165) is 57.8 Å². The summed E-state index contributed by atoms with van der Waals surface area (Å²) in [6.07, 6.45) is 7.19. The van der Waals surface area contributed by atoms with Crippen molar-refractivity contribution in [1.82, 2.24) is 0 Å². The maximum Gasteiger partial charge on any atom is 0.397 e. The van der Waals surface area contributed by atoms with Crippen LogP contribution in [0.1, 0.15) is 90.4 Å². The van der Waals surface area contributed by atoms with Crippen molar-refractivity contribution in [3.05, 3.63) is 0 Å². The van der Waals surface area contributed by atoms with Crippen LogP contribution in [-0.4, -0.2) is 53.2 Å². The highest BCUT2D eigenvalue weighted by Crippen LogP contribution is 2.19. The Bertz CT molecular complexity index is 414. The summed E-state index contributed by atoms with van der Waals surface area (Å²) < 4.78 is 35.5. The van der Waals surface area contributed by atoms with E-state index in [1.165, 1.54) is 0 Å². The van der Waals surface area contributed by atoms with Crippen molar-refractivity contribution < 1.29 is 32.5 Å². The van der Waals surface area contributed by atoms with Crippen molar-refractivity contribution >= 4 is 10.4 Å². The van der Waals surface area contributed by atoms with Crippen LogP contribution in [0.25, 0.3) is 0 Å². The second-order valence-electron chi connectivity index (χ2n) is 6.96. The van der Waals surface area contributed by atoms with Crippen molar-refractivity contribution in [3.63, 3.8) is 0 Å². The molecule has 0 radical (unpaired) electrons. The van der Waals surface area contributed by atoms with Crippen LogP contribution in [0.2, 0.25) is 0 Å². The van der Waals surface area contributed by atoms with Crippen LogP contribution >= 0.6 is 0 Å². The highest BCUT2D eigenvalue weighted by atomic mass is 32.3. The Morgan fingerprint density at radius 3 is 1.85 bits per heavy atom. The molecule has 7 nitrogen and oxygen atoms in total. The van der Waals surface area contributed by atoms with Crippen molar-refractivity contribution in [3.8, 4) is 0 Å². The number of hydrogen-bond donors (Lipinski definition) is 4. The monoisotopic (exact) mass is 398 g/mol. The zero-order chi connectivity index (χ0) is 19.8. The topological polar surface area (TPSA) is 124 Å². The van der Waals surface area contributed by atoms with Crippen LogP contribution in [-0.2, 0) is 14.6 Å². The van der Waals surface area contributed by atoms with Crippen molar-refractivity contribution in [2.24, 2.45) is 0 Å². The fourth-order valence-corrected chi connectivity index (χ4v) is 3.49. The number of rotatable bonds is 18. The summed E-state index contributed by atoms with van der Waals surface area (Å²) in [5.41, 5.74) is 0. The van der Waals surface area contributed by atoms with Gasteiger partial charge >= 0.3 is 10.4 Å². The van der Waals surface area contributed by atoms with Crippen LogP contribution < -0.4 is 0 Å². The van der Waals surface area contributed by atoms with E-state index >= 15 is 0 Å². The normalized spacial score (nSPS) is 15.7. The Balaban J connectivity index is 4.24. The summed E-state index contributed by atoms with van der Waals surface area (Å²) >= 11 is 0. The van der Waals surface area contributed by atoms with Crippen LogP contribution in [0.4, 0.5) is 0 Å². The van der Waals surface area contributed by atoms with Gasteiger partial charge in [-0.3, -0.25) is 4.55 Å². The molecule has 0 aliphatic carbocycles. The molecule has 0 aromatic heterocycles. The standard InChI is InChI=1S/C18H38O7S/c1-2-3-4-7-11-14-17(25-26(22,23)24)18(21)16(20)13-10-8-5-6-9-12-15-19/h16-21H,2-15H2,1H3,(H,22,23,24). The molecule has 3 atom stereocenters.